The lowest BCUT2D eigenvalue weighted by atomic mass is 9.93. The van der Waals surface area contributed by atoms with Crippen molar-refractivity contribution in [2.75, 3.05) is 6.61 Å². The molecule has 128 valence electrons. The molecule has 1 atom stereocenters. The highest BCUT2D eigenvalue weighted by Crippen LogP contribution is 2.22. The first kappa shape index (κ1) is 19.3. The second-order valence-corrected chi connectivity index (χ2v) is 6.68. The van der Waals surface area contributed by atoms with Gasteiger partial charge >= 0.3 is 5.97 Å². The molecule has 0 N–H and O–H groups in total. The minimum Gasteiger partial charge on any atom is -0.466 e. The maximum atomic E-state index is 12.0. The summed E-state index contributed by atoms with van der Waals surface area (Å²) in [4.78, 5) is 12.0. The summed E-state index contributed by atoms with van der Waals surface area (Å²) in [5.74, 6) is -0.109. The summed E-state index contributed by atoms with van der Waals surface area (Å²) in [5.41, 5.74) is 1.31. The van der Waals surface area contributed by atoms with E-state index in [1.54, 1.807) is 0 Å². The van der Waals surface area contributed by atoms with Crippen molar-refractivity contribution in [3.05, 3.63) is 11.6 Å². The molecule has 1 unspecified atom stereocenters. The summed E-state index contributed by atoms with van der Waals surface area (Å²) in [5, 5.41) is 0. The largest absolute Gasteiger partial charge is 0.466 e. The number of allylic oxidation sites excluding steroid dienone is 1. The Bertz CT molecular complexity index is 320. The SMILES string of the molecule is CCOC(=O)C(C)/C1=C/CCCCCCCCCCCCC1. The van der Waals surface area contributed by atoms with Crippen molar-refractivity contribution < 1.29 is 9.53 Å². The first-order valence-electron chi connectivity index (χ1n) is 9.61. The number of rotatable bonds is 3. The van der Waals surface area contributed by atoms with Gasteiger partial charge in [-0.3, -0.25) is 4.79 Å². The Balaban J connectivity index is 2.52. The van der Waals surface area contributed by atoms with Crippen molar-refractivity contribution in [3.8, 4) is 0 Å². The van der Waals surface area contributed by atoms with Gasteiger partial charge in [-0.05, 0) is 39.5 Å². The number of carbonyl (C=O) groups excluding carboxylic acids is 1. The Morgan fingerprint density at radius 2 is 1.45 bits per heavy atom. The van der Waals surface area contributed by atoms with Crippen LogP contribution in [0.2, 0.25) is 0 Å². The summed E-state index contributed by atoms with van der Waals surface area (Å²) in [7, 11) is 0. The van der Waals surface area contributed by atoms with Gasteiger partial charge in [0, 0.05) is 0 Å². The van der Waals surface area contributed by atoms with Crippen LogP contribution in [0.15, 0.2) is 11.6 Å². The van der Waals surface area contributed by atoms with Crippen LogP contribution in [0.25, 0.3) is 0 Å². The van der Waals surface area contributed by atoms with E-state index < -0.39 is 0 Å². The molecule has 2 heteroatoms. The number of ether oxygens (including phenoxy) is 1. The van der Waals surface area contributed by atoms with Crippen LogP contribution in [-0.2, 0) is 9.53 Å². The summed E-state index contributed by atoms with van der Waals surface area (Å²) in [6, 6.07) is 0. The zero-order valence-electron chi connectivity index (χ0n) is 14.9. The van der Waals surface area contributed by atoms with Crippen LogP contribution in [0, 0.1) is 5.92 Å². The maximum Gasteiger partial charge on any atom is 0.312 e. The van der Waals surface area contributed by atoms with Gasteiger partial charge in [0.25, 0.3) is 0 Å². The molecule has 0 radical (unpaired) electrons. The normalized spacial score (nSPS) is 23.5. The third-order valence-electron chi connectivity index (χ3n) is 4.77. The Morgan fingerprint density at radius 3 is 2.00 bits per heavy atom. The minimum atomic E-state index is -0.0596. The van der Waals surface area contributed by atoms with E-state index in [-0.39, 0.29) is 11.9 Å². The predicted octanol–water partition coefficient (Wildman–Crippen LogP) is 6.20. The van der Waals surface area contributed by atoms with Gasteiger partial charge in [0.05, 0.1) is 12.5 Å². The standard InChI is InChI=1S/C20H36O2/c1-3-22-20(21)18(2)19-16-14-12-10-8-6-4-5-7-9-11-13-15-17-19/h16,18H,3-15,17H2,1-2H3/b19-16+. The molecule has 0 aromatic rings. The van der Waals surface area contributed by atoms with Gasteiger partial charge in [0.1, 0.15) is 0 Å². The van der Waals surface area contributed by atoms with E-state index in [1.165, 1.54) is 76.2 Å². The highest BCUT2D eigenvalue weighted by atomic mass is 16.5. The molecule has 0 bridgehead atoms. The zero-order chi connectivity index (χ0) is 16.0. The van der Waals surface area contributed by atoms with Crippen molar-refractivity contribution in [1.82, 2.24) is 0 Å². The molecule has 0 aliphatic heterocycles. The molecule has 1 rings (SSSR count). The van der Waals surface area contributed by atoms with Gasteiger partial charge in [0.2, 0.25) is 0 Å². The van der Waals surface area contributed by atoms with E-state index in [4.69, 9.17) is 4.74 Å². The molecule has 1 aliphatic carbocycles. The summed E-state index contributed by atoms with van der Waals surface area (Å²) in [6.07, 6.45) is 19.4. The van der Waals surface area contributed by atoms with Gasteiger partial charge in [-0.15, -0.1) is 0 Å². The molecule has 0 saturated heterocycles. The van der Waals surface area contributed by atoms with Crippen LogP contribution in [-0.4, -0.2) is 12.6 Å². The molecule has 0 fully saturated rings. The lowest BCUT2D eigenvalue weighted by Crippen LogP contribution is -2.17. The first-order valence-corrected chi connectivity index (χ1v) is 9.61. The van der Waals surface area contributed by atoms with Gasteiger partial charge in [-0.25, -0.2) is 0 Å². The molecular formula is C20H36O2. The fraction of sp³-hybridized carbons (Fsp3) is 0.850. The van der Waals surface area contributed by atoms with Gasteiger partial charge in [-0.2, -0.15) is 0 Å². The van der Waals surface area contributed by atoms with Crippen LogP contribution in [0.1, 0.15) is 97.3 Å². The van der Waals surface area contributed by atoms with Gasteiger partial charge < -0.3 is 4.74 Å². The van der Waals surface area contributed by atoms with E-state index in [9.17, 15) is 4.79 Å². The Hall–Kier alpha value is -0.790. The van der Waals surface area contributed by atoms with Crippen molar-refractivity contribution in [1.29, 1.82) is 0 Å². The van der Waals surface area contributed by atoms with Crippen molar-refractivity contribution in [2.24, 2.45) is 5.92 Å². The minimum absolute atomic E-state index is 0.0494. The zero-order valence-corrected chi connectivity index (χ0v) is 14.9. The molecular weight excluding hydrogens is 272 g/mol. The Labute approximate surface area is 137 Å². The quantitative estimate of drug-likeness (QED) is 0.458. The second-order valence-electron chi connectivity index (χ2n) is 6.68. The average molecular weight is 309 g/mol. The van der Waals surface area contributed by atoms with Crippen LogP contribution in [0.5, 0.6) is 0 Å². The summed E-state index contributed by atoms with van der Waals surface area (Å²) >= 11 is 0. The molecule has 0 spiro atoms. The Kier molecular flexibility index (Phi) is 11.1. The highest BCUT2D eigenvalue weighted by Gasteiger charge is 2.18. The Morgan fingerprint density at radius 1 is 0.955 bits per heavy atom. The number of hydrogen-bond acceptors (Lipinski definition) is 2. The lowest BCUT2D eigenvalue weighted by molar-refractivity contribution is -0.146. The van der Waals surface area contributed by atoms with Crippen molar-refractivity contribution >= 4 is 5.97 Å². The number of carbonyl (C=O) groups is 1. The van der Waals surface area contributed by atoms with Crippen LogP contribution in [0.4, 0.5) is 0 Å². The fourth-order valence-electron chi connectivity index (χ4n) is 3.27. The van der Waals surface area contributed by atoms with E-state index >= 15 is 0 Å². The van der Waals surface area contributed by atoms with E-state index in [1.807, 2.05) is 13.8 Å². The topological polar surface area (TPSA) is 26.3 Å². The third-order valence-corrected chi connectivity index (χ3v) is 4.77. The molecule has 0 aromatic carbocycles. The third kappa shape index (κ3) is 8.60. The van der Waals surface area contributed by atoms with Gasteiger partial charge in [0.15, 0.2) is 0 Å². The van der Waals surface area contributed by atoms with Crippen molar-refractivity contribution in [2.45, 2.75) is 97.3 Å². The molecule has 0 amide bonds. The predicted molar refractivity (Wildman–Crippen MR) is 93.9 cm³/mol. The van der Waals surface area contributed by atoms with E-state index in [2.05, 4.69) is 6.08 Å². The van der Waals surface area contributed by atoms with E-state index in [0.29, 0.717) is 6.61 Å². The molecule has 2 nitrogen and oxygen atoms in total. The maximum absolute atomic E-state index is 12.0. The monoisotopic (exact) mass is 308 g/mol. The van der Waals surface area contributed by atoms with Crippen LogP contribution < -0.4 is 0 Å². The van der Waals surface area contributed by atoms with Crippen molar-refractivity contribution in [3.63, 3.8) is 0 Å². The molecule has 1 aliphatic rings. The lowest BCUT2D eigenvalue weighted by Gasteiger charge is -2.15. The smallest absolute Gasteiger partial charge is 0.312 e. The summed E-state index contributed by atoms with van der Waals surface area (Å²) < 4.78 is 5.20. The molecule has 0 saturated carbocycles. The number of hydrogen-bond donors (Lipinski definition) is 0. The second kappa shape index (κ2) is 12.7. The average Bonchev–Trinajstić information content (AvgIpc) is 2.53. The first-order chi connectivity index (χ1) is 10.8. The van der Waals surface area contributed by atoms with Crippen LogP contribution in [0.3, 0.4) is 0 Å². The molecule has 0 aromatic heterocycles. The van der Waals surface area contributed by atoms with Crippen LogP contribution >= 0.6 is 0 Å². The molecule has 22 heavy (non-hydrogen) atoms. The number of esters is 1. The fourth-order valence-corrected chi connectivity index (χ4v) is 3.27. The highest BCUT2D eigenvalue weighted by molar-refractivity contribution is 5.75. The summed E-state index contributed by atoms with van der Waals surface area (Å²) in [6.45, 7) is 4.38. The van der Waals surface area contributed by atoms with Gasteiger partial charge in [-0.1, -0.05) is 69.4 Å². The molecule has 0 heterocycles. The van der Waals surface area contributed by atoms with E-state index in [0.717, 1.165) is 12.8 Å².